The van der Waals surface area contributed by atoms with Crippen LogP contribution >= 0.6 is 11.5 Å². The third-order valence-corrected chi connectivity index (χ3v) is 4.96. The Bertz CT molecular complexity index is 447. The van der Waals surface area contributed by atoms with Crippen molar-refractivity contribution >= 4 is 17.4 Å². The quantitative estimate of drug-likeness (QED) is 0.822. The highest BCUT2D eigenvalue weighted by Gasteiger charge is 2.38. The van der Waals surface area contributed by atoms with E-state index in [0.717, 1.165) is 45.8 Å². The Balaban J connectivity index is 1.69. The molecule has 2 saturated heterocycles. The molecular formula is C13H20N4O2S. The molecule has 2 aliphatic rings. The van der Waals surface area contributed by atoms with Gasteiger partial charge in [-0.2, -0.15) is 0 Å². The van der Waals surface area contributed by atoms with Crippen LogP contribution in [0.5, 0.6) is 0 Å². The number of rotatable bonds is 3. The first-order valence-electron chi connectivity index (χ1n) is 7.18. The van der Waals surface area contributed by atoms with Gasteiger partial charge in [-0.3, -0.25) is 9.69 Å². The van der Waals surface area contributed by atoms with Crippen LogP contribution in [0.3, 0.4) is 0 Å². The number of amides is 1. The van der Waals surface area contributed by atoms with Gasteiger partial charge in [-0.1, -0.05) is 17.8 Å². The Hall–Kier alpha value is -1.05. The van der Waals surface area contributed by atoms with Crippen molar-refractivity contribution in [1.29, 1.82) is 0 Å². The first kappa shape index (κ1) is 13.9. The van der Waals surface area contributed by atoms with Crippen LogP contribution in [0.4, 0.5) is 0 Å². The molecule has 0 saturated carbocycles. The van der Waals surface area contributed by atoms with Crippen molar-refractivity contribution in [3.05, 3.63) is 11.1 Å². The zero-order chi connectivity index (χ0) is 13.9. The van der Waals surface area contributed by atoms with Gasteiger partial charge in [0.05, 0.1) is 19.4 Å². The van der Waals surface area contributed by atoms with Gasteiger partial charge < -0.3 is 9.64 Å². The summed E-state index contributed by atoms with van der Waals surface area (Å²) in [6.07, 6.45) is 2.67. The molecule has 0 spiro atoms. The molecule has 1 aromatic heterocycles. The number of aromatic nitrogens is 2. The molecule has 0 unspecified atom stereocenters. The van der Waals surface area contributed by atoms with Crippen molar-refractivity contribution in [3.63, 3.8) is 0 Å². The van der Waals surface area contributed by atoms with Crippen molar-refractivity contribution in [3.8, 4) is 0 Å². The van der Waals surface area contributed by atoms with Crippen LogP contribution in [0, 0.1) is 5.92 Å². The largest absolute Gasteiger partial charge is 0.379 e. The van der Waals surface area contributed by atoms with E-state index in [9.17, 15) is 4.79 Å². The van der Waals surface area contributed by atoms with Crippen molar-refractivity contribution in [2.75, 3.05) is 39.4 Å². The van der Waals surface area contributed by atoms with Gasteiger partial charge in [0.2, 0.25) is 0 Å². The van der Waals surface area contributed by atoms with E-state index in [1.165, 1.54) is 11.5 Å². The second-order valence-corrected chi connectivity index (χ2v) is 6.16. The summed E-state index contributed by atoms with van der Waals surface area (Å²) in [4.78, 5) is 17.5. The highest BCUT2D eigenvalue weighted by atomic mass is 32.1. The lowest BCUT2D eigenvalue weighted by Gasteiger charge is -2.34. The topological polar surface area (TPSA) is 58.6 Å². The van der Waals surface area contributed by atoms with Gasteiger partial charge in [-0.15, -0.1) is 5.10 Å². The lowest BCUT2D eigenvalue weighted by Crippen LogP contribution is -2.47. The lowest BCUT2D eigenvalue weighted by molar-refractivity contribution is 0.0103. The maximum absolute atomic E-state index is 12.4. The summed E-state index contributed by atoms with van der Waals surface area (Å²) in [7, 11) is 0. The van der Waals surface area contributed by atoms with E-state index >= 15 is 0 Å². The summed E-state index contributed by atoms with van der Waals surface area (Å²) in [5, 5.41) is 3.76. The first-order valence-corrected chi connectivity index (χ1v) is 7.95. The Kier molecular flexibility index (Phi) is 4.28. The number of carbonyl (C=O) groups is 1. The number of ether oxygens (including phenoxy) is 1. The molecule has 2 fully saturated rings. The van der Waals surface area contributed by atoms with Crippen LogP contribution < -0.4 is 0 Å². The summed E-state index contributed by atoms with van der Waals surface area (Å²) in [5.41, 5.74) is 0. The molecule has 0 N–H and O–H groups in total. The molecule has 2 atom stereocenters. The first-order chi connectivity index (χ1) is 9.79. The zero-order valence-corrected chi connectivity index (χ0v) is 12.5. The minimum absolute atomic E-state index is 0.0780. The summed E-state index contributed by atoms with van der Waals surface area (Å²) in [6.45, 7) is 7.43. The summed E-state index contributed by atoms with van der Waals surface area (Å²) >= 11 is 1.18. The predicted octanol–water partition coefficient (Wildman–Crippen LogP) is 0.721. The molecule has 0 bridgehead atoms. The van der Waals surface area contributed by atoms with Crippen LogP contribution in [0.1, 0.15) is 23.0 Å². The minimum Gasteiger partial charge on any atom is -0.379 e. The Labute approximate surface area is 122 Å². The standard InChI is InChI=1S/C13H20N4O2S/c1-2-10-8-17(13(18)12-7-14-15-20-12)9-11(10)16-3-5-19-6-4-16/h7,10-11H,2-6,8-9H2,1H3/t10-,11+/m0/s1. The average molecular weight is 296 g/mol. The molecule has 110 valence electrons. The molecule has 0 aliphatic carbocycles. The van der Waals surface area contributed by atoms with Crippen molar-refractivity contribution < 1.29 is 9.53 Å². The van der Waals surface area contributed by atoms with Crippen LogP contribution in [-0.4, -0.2) is 70.7 Å². The molecule has 7 heteroatoms. The number of hydrogen-bond acceptors (Lipinski definition) is 6. The van der Waals surface area contributed by atoms with Crippen LogP contribution in [0.2, 0.25) is 0 Å². The molecule has 0 aromatic carbocycles. The maximum atomic E-state index is 12.4. The van der Waals surface area contributed by atoms with Gasteiger partial charge in [-0.05, 0) is 17.5 Å². The van der Waals surface area contributed by atoms with Crippen molar-refractivity contribution in [2.24, 2.45) is 5.92 Å². The van der Waals surface area contributed by atoms with E-state index < -0.39 is 0 Å². The number of likely N-dealkylation sites (tertiary alicyclic amines) is 1. The SMILES string of the molecule is CC[C@H]1CN(C(=O)c2cnns2)C[C@H]1N1CCOCC1. The maximum Gasteiger partial charge on any atom is 0.267 e. The van der Waals surface area contributed by atoms with E-state index in [4.69, 9.17) is 4.74 Å². The van der Waals surface area contributed by atoms with E-state index in [-0.39, 0.29) is 5.91 Å². The summed E-state index contributed by atoms with van der Waals surface area (Å²) in [6, 6.07) is 0.466. The molecule has 1 amide bonds. The third kappa shape index (κ3) is 2.70. The Morgan fingerprint density at radius 1 is 1.45 bits per heavy atom. The zero-order valence-electron chi connectivity index (χ0n) is 11.7. The number of morpholine rings is 1. The van der Waals surface area contributed by atoms with Gasteiger partial charge >= 0.3 is 0 Å². The predicted molar refractivity (Wildman–Crippen MR) is 75.8 cm³/mol. The number of nitrogens with zero attached hydrogens (tertiary/aromatic N) is 4. The fourth-order valence-corrected chi connectivity index (χ4v) is 3.64. The van der Waals surface area contributed by atoms with E-state index in [2.05, 4.69) is 21.4 Å². The van der Waals surface area contributed by atoms with E-state index in [1.54, 1.807) is 6.20 Å². The highest BCUT2D eigenvalue weighted by Crippen LogP contribution is 2.27. The average Bonchev–Trinajstić information content (AvgIpc) is 3.17. The Morgan fingerprint density at radius 3 is 2.90 bits per heavy atom. The molecule has 3 heterocycles. The minimum atomic E-state index is 0.0780. The van der Waals surface area contributed by atoms with E-state index in [0.29, 0.717) is 16.8 Å². The highest BCUT2D eigenvalue weighted by molar-refractivity contribution is 7.07. The molecule has 20 heavy (non-hydrogen) atoms. The number of carbonyl (C=O) groups excluding carboxylic acids is 1. The monoisotopic (exact) mass is 296 g/mol. The van der Waals surface area contributed by atoms with Crippen molar-refractivity contribution in [2.45, 2.75) is 19.4 Å². The molecule has 1 aromatic rings. The second-order valence-electron chi connectivity index (χ2n) is 5.38. The Morgan fingerprint density at radius 2 is 2.25 bits per heavy atom. The molecule has 2 aliphatic heterocycles. The summed E-state index contributed by atoms with van der Waals surface area (Å²) in [5.74, 6) is 0.632. The lowest BCUT2D eigenvalue weighted by atomic mass is 9.99. The van der Waals surface area contributed by atoms with Gasteiger partial charge in [0.25, 0.3) is 5.91 Å². The molecule has 6 nitrogen and oxygen atoms in total. The second kappa shape index (κ2) is 6.15. The molecule has 0 radical (unpaired) electrons. The van der Waals surface area contributed by atoms with Crippen molar-refractivity contribution in [1.82, 2.24) is 19.4 Å². The molecular weight excluding hydrogens is 276 g/mol. The van der Waals surface area contributed by atoms with Gasteiger partial charge in [0.15, 0.2) is 0 Å². The van der Waals surface area contributed by atoms with Gasteiger partial charge in [0, 0.05) is 32.2 Å². The van der Waals surface area contributed by atoms with E-state index in [1.807, 2.05) is 4.90 Å². The normalized spacial score (nSPS) is 27.9. The summed E-state index contributed by atoms with van der Waals surface area (Å²) < 4.78 is 9.20. The fraction of sp³-hybridized carbons (Fsp3) is 0.769. The number of hydrogen-bond donors (Lipinski definition) is 0. The third-order valence-electron chi connectivity index (χ3n) is 4.30. The molecule has 3 rings (SSSR count). The fourth-order valence-electron chi connectivity index (χ4n) is 3.16. The van der Waals surface area contributed by atoms with Crippen LogP contribution in [-0.2, 0) is 4.74 Å². The van der Waals surface area contributed by atoms with Crippen LogP contribution in [0.25, 0.3) is 0 Å². The van der Waals surface area contributed by atoms with Gasteiger partial charge in [0.1, 0.15) is 4.88 Å². The smallest absolute Gasteiger partial charge is 0.267 e. The van der Waals surface area contributed by atoms with Gasteiger partial charge in [-0.25, -0.2) is 0 Å². The van der Waals surface area contributed by atoms with Crippen LogP contribution in [0.15, 0.2) is 6.20 Å².